The summed E-state index contributed by atoms with van der Waals surface area (Å²) in [7, 11) is 0. The molecule has 2 aromatic heterocycles. The Balaban J connectivity index is 2.36. The van der Waals surface area contributed by atoms with Gasteiger partial charge in [-0.15, -0.1) is 10.2 Å². The van der Waals surface area contributed by atoms with E-state index in [1.165, 1.54) is 0 Å². The Morgan fingerprint density at radius 1 is 1.38 bits per heavy atom. The number of hydrogen-bond donors (Lipinski definition) is 0. The van der Waals surface area contributed by atoms with Crippen LogP contribution in [0.2, 0.25) is 0 Å². The van der Waals surface area contributed by atoms with Crippen LogP contribution in [0.25, 0.3) is 0 Å². The van der Waals surface area contributed by atoms with Crippen molar-refractivity contribution in [1.82, 2.24) is 20.0 Å². The number of nitrogens with zero attached hydrogens (tertiary/aromatic N) is 4. The molecule has 0 N–H and O–H groups in total. The van der Waals surface area contributed by atoms with Crippen molar-refractivity contribution in [1.29, 1.82) is 0 Å². The highest BCUT2D eigenvalue weighted by molar-refractivity contribution is 5.01. The van der Waals surface area contributed by atoms with Gasteiger partial charge in [-0.25, -0.2) is 0 Å². The van der Waals surface area contributed by atoms with E-state index in [1.54, 1.807) is 17.1 Å². The molecule has 0 aliphatic rings. The average molecular weight is 219 g/mol. The number of rotatable bonds is 3. The zero-order valence-electron chi connectivity index (χ0n) is 9.93. The predicted octanol–water partition coefficient (Wildman–Crippen LogP) is 1.97. The third-order valence-electron chi connectivity index (χ3n) is 2.48. The largest absolute Gasteiger partial charge is 0.422 e. The Bertz CT molecular complexity index is 456. The molecule has 0 saturated heterocycles. The molecule has 1 radical (unpaired) electrons. The van der Waals surface area contributed by atoms with Gasteiger partial charge in [0.15, 0.2) is 0 Å². The molecule has 0 saturated carbocycles. The summed E-state index contributed by atoms with van der Waals surface area (Å²) in [6.45, 7) is 7.99. The minimum absolute atomic E-state index is 0.237. The van der Waals surface area contributed by atoms with Crippen LogP contribution >= 0.6 is 0 Å². The predicted molar refractivity (Wildman–Crippen MR) is 57.9 cm³/mol. The van der Waals surface area contributed by atoms with Crippen LogP contribution < -0.4 is 0 Å². The van der Waals surface area contributed by atoms with Gasteiger partial charge < -0.3 is 4.42 Å². The summed E-state index contributed by atoms with van der Waals surface area (Å²) in [5.74, 6) is 1.45. The first-order chi connectivity index (χ1) is 7.51. The normalized spacial score (nSPS) is 12.3. The van der Waals surface area contributed by atoms with Crippen molar-refractivity contribution >= 4 is 0 Å². The molecule has 85 valence electrons. The van der Waals surface area contributed by atoms with E-state index in [4.69, 9.17) is 4.42 Å². The Morgan fingerprint density at radius 2 is 2.12 bits per heavy atom. The van der Waals surface area contributed by atoms with Crippen LogP contribution in [0.3, 0.4) is 0 Å². The molecular weight excluding hydrogens is 204 g/mol. The van der Waals surface area contributed by atoms with Crippen LogP contribution in [-0.2, 0) is 5.54 Å². The first-order valence-corrected chi connectivity index (χ1v) is 5.27. The van der Waals surface area contributed by atoms with Crippen molar-refractivity contribution in [3.63, 3.8) is 0 Å². The summed E-state index contributed by atoms with van der Waals surface area (Å²) in [5, 5.41) is 12.2. The maximum atomic E-state index is 5.64. The van der Waals surface area contributed by atoms with E-state index in [0.717, 1.165) is 0 Å². The highest BCUT2D eigenvalue weighted by atomic mass is 16.4. The van der Waals surface area contributed by atoms with E-state index >= 15 is 0 Å². The molecule has 0 aliphatic carbocycles. The molecular formula is C11H15N4O. The fraction of sp³-hybridized carbons (Fsp3) is 0.545. The highest BCUT2D eigenvalue weighted by Crippen LogP contribution is 2.24. The summed E-state index contributed by atoms with van der Waals surface area (Å²) < 4.78 is 7.39. The van der Waals surface area contributed by atoms with Crippen LogP contribution in [0.4, 0.5) is 0 Å². The lowest BCUT2D eigenvalue weighted by Crippen LogP contribution is -2.28. The monoisotopic (exact) mass is 219 g/mol. The van der Waals surface area contributed by atoms with Crippen LogP contribution in [-0.4, -0.2) is 20.0 Å². The maximum absolute atomic E-state index is 5.64. The Kier molecular flexibility index (Phi) is 2.53. The van der Waals surface area contributed by atoms with E-state index in [9.17, 15) is 0 Å². The number of aromatic nitrogens is 4. The van der Waals surface area contributed by atoms with Gasteiger partial charge in [-0.05, 0) is 13.8 Å². The summed E-state index contributed by atoms with van der Waals surface area (Å²) in [6, 6.07) is 2.90. The summed E-state index contributed by atoms with van der Waals surface area (Å²) in [4.78, 5) is 0. The summed E-state index contributed by atoms with van der Waals surface area (Å²) in [6.07, 6.45) is 3.38. The van der Waals surface area contributed by atoms with Crippen molar-refractivity contribution < 1.29 is 4.42 Å². The lowest BCUT2D eigenvalue weighted by molar-refractivity contribution is 0.286. The maximum Gasteiger partial charge on any atom is 0.243 e. The second kappa shape index (κ2) is 3.73. The summed E-state index contributed by atoms with van der Waals surface area (Å²) >= 11 is 0. The molecule has 2 heterocycles. The van der Waals surface area contributed by atoms with Gasteiger partial charge in [-0.2, -0.15) is 5.10 Å². The fourth-order valence-electron chi connectivity index (χ4n) is 1.35. The lowest BCUT2D eigenvalue weighted by atomic mass is 10.1. The molecule has 0 bridgehead atoms. The number of hydrogen-bond acceptors (Lipinski definition) is 4. The highest BCUT2D eigenvalue weighted by Gasteiger charge is 2.30. The van der Waals surface area contributed by atoms with Gasteiger partial charge in [0.1, 0.15) is 5.54 Å². The van der Waals surface area contributed by atoms with Crippen LogP contribution in [0.5, 0.6) is 0 Å². The van der Waals surface area contributed by atoms with E-state index in [2.05, 4.69) is 21.4 Å². The van der Waals surface area contributed by atoms with Gasteiger partial charge in [0.05, 0.1) is 6.20 Å². The summed E-state index contributed by atoms with van der Waals surface area (Å²) in [5.41, 5.74) is -0.444. The second-order valence-corrected chi connectivity index (χ2v) is 4.54. The third-order valence-corrected chi connectivity index (χ3v) is 2.48. The van der Waals surface area contributed by atoms with Crippen LogP contribution in [0, 0.1) is 6.07 Å². The molecule has 0 unspecified atom stereocenters. The van der Waals surface area contributed by atoms with Crippen molar-refractivity contribution in [2.24, 2.45) is 0 Å². The molecule has 0 amide bonds. The van der Waals surface area contributed by atoms with Gasteiger partial charge >= 0.3 is 0 Å². The Morgan fingerprint density at radius 3 is 2.62 bits per heavy atom. The van der Waals surface area contributed by atoms with Crippen LogP contribution in [0.15, 0.2) is 16.8 Å². The fourth-order valence-corrected chi connectivity index (χ4v) is 1.35. The molecule has 5 heteroatoms. The van der Waals surface area contributed by atoms with Crippen molar-refractivity contribution in [3.05, 3.63) is 30.2 Å². The second-order valence-electron chi connectivity index (χ2n) is 4.54. The molecule has 0 aromatic carbocycles. The molecule has 0 spiro atoms. The SMILES string of the molecule is CC(C)c1nnc(C(C)(C)n2c[c]cn2)o1. The molecule has 0 fully saturated rings. The van der Waals surface area contributed by atoms with Gasteiger partial charge in [0, 0.05) is 18.2 Å². The van der Waals surface area contributed by atoms with Gasteiger partial charge in [-0.1, -0.05) is 13.8 Å². The first kappa shape index (κ1) is 10.9. The smallest absolute Gasteiger partial charge is 0.243 e. The molecule has 16 heavy (non-hydrogen) atoms. The van der Waals surface area contributed by atoms with E-state index in [1.807, 2.05) is 27.7 Å². The minimum atomic E-state index is -0.444. The van der Waals surface area contributed by atoms with E-state index < -0.39 is 5.54 Å². The zero-order valence-corrected chi connectivity index (χ0v) is 9.93. The molecule has 2 rings (SSSR count). The van der Waals surface area contributed by atoms with Crippen LogP contribution in [0.1, 0.15) is 45.4 Å². The minimum Gasteiger partial charge on any atom is -0.422 e. The van der Waals surface area contributed by atoms with Crippen molar-refractivity contribution in [3.8, 4) is 0 Å². The quantitative estimate of drug-likeness (QED) is 0.792. The third kappa shape index (κ3) is 1.73. The average Bonchev–Trinajstić information content (AvgIpc) is 2.90. The standard InChI is InChI=1S/C11H15N4O/c1-8(2)9-13-14-10(16-9)11(3,4)15-7-5-6-12-15/h6-8H,1-4H3. The zero-order chi connectivity index (χ0) is 11.8. The topological polar surface area (TPSA) is 56.7 Å². The Hall–Kier alpha value is -1.65. The van der Waals surface area contributed by atoms with Crippen molar-refractivity contribution in [2.75, 3.05) is 0 Å². The van der Waals surface area contributed by atoms with Gasteiger partial charge in [0.25, 0.3) is 0 Å². The Labute approximate surface area is 94.5 Å². The van der Waals surface area contributed by atoms with Gasteiger partial charge in [0.2, 0.25) is 11.8 Å². The lowest BCUT2D eigenvalue weighted by Gasteiger charge is -2.20. The molecule has 2 aromatic rings. The first-order valence-electron chi connectivity index (χ1n) is 5.27. The molecule has 0 atom stereocenters. The molecule has 5 nitrogen and oxygen atoms in total. The van der Waals surface area contributed by atoms with E-state index in [-0.39, 0.29) is 5.92 Å². The van der Waals surface area contributed by atoms with Crippen molar-refractivity contribution in [2.45, 2.75) is 39.2 Å². The van der Waals surface area contributed by atoms with Gasteiger partial charge in [-0.3, -0.25) is 4.68 Å². The molecule has 0 aliphatic heterocycles. The van der Waals surface area contributed by atoms with E-state index in [0.29, 0.717) is 11.8 Å².